The molecule has 1 aromatic carbocycles. The number of carbonyl (C=O) groups is 1. The molecular formula is C17H25OY-. The van der Waals surface area contributed by atoms with Crippen molar-refractivity contribution in [1.82, 2.24) is 0 Å². The SMILES string of the molecule is CC.CCC1(C)CC[C-](Cc2ccccc2)C1=O.[Y]. The predicted octanol–water partition coefficient (Wildman–Crippen LogP) is 4.61. The van der Waals surface area contributed by atoms with E-state index < -0.39 is 0 Å². The van der Waals surface area contributed by atoms with Gasteiger partial charge in [0.15, 0.2) is 0 Å². The standard InChI is InChI=1S/C15H19O.C2H6.Y/c1-3-15(2)10-9-13(14(15)16)11-12-7-5-4-6-8-12;1-2;/h4-8H,3,9-11H2,1-2H3;1-2H3;/q-1;;. The second-order valence-electron chi connectivity index (χ2n) is 5.01. The van der Waals surface area contributed by atoms with Crippen LogP contribution in [0.15, 0.2) is 30.3 Å². The molecule has 2 heteroatoms. The summed E-state index contributed by atoms with van der Waals surface area (Å²) in [5.74, 6) is 1.52. The summed E-state index contributed by atoms with van der Waals surface area (Å²) >= 11 is 0. The minimum Gasteiger partial charge on any atom is -0.333 e. The summed E-state index contributed by atoms with van der Waals surface area (Å²) in [5.41, 5.74) is 1.18. The van der Waals surface area contributed by atoms with Crippen molar-refractivity contribution in [3.8, 4) is 0 Å². The molecule has 1 nitrogen and oxygen atoms in total. The van der Waals surface area contributed by atoms with Gasteiger partial charge in [0.1, 0.15) is 0 Å². The van der Waals surface area contributed by atoms with E-state index in [0.29, 0.717) is 5.78 Å². The van der Waals surface area contributed by atoms with Gasteiger partial charge in [-0.15, -0.1) is 6.42 Å². The maximum absolute atomic E-state index is 12.2. The molecule has 103 valence electrons. The number of carbonyl (C=O) groups excluding carboxylic acids is 1. The van der Waals surface area contributed by atoms with Crippen LogP contribution in [0.4, 0.5) is 0 Å². The van der Waals surface area contributed by atoms with Crippen molar-refractivity contribution < 1.29 is 37.5 Å². The number of hydrogen-bond acceptors (Lipinski definition) is 1. The quantitative estimate of drug-likeness (QED) is 0.738. The molecule has 0 heterocycles. The van der Waals surface area contributed by atoms with Crippen molar-refractivity contribution >= 4 is 5.78 Å². The van der Waals surface area contributed by atoms with Crippen molar-refractivity contribution in [1.29, 1.82) is 0 Å². The molecule has 0 amide bonds. The van der Waals surface area contributed by atoms with Crippen molar-refractivity contribution in [3.63, 3.8) is 0 Å². The second-order valence-corrected chi connectivity index (χ2v) is 5.01. The van der Waals surface area contributed by atoms with Crippen LogP contribution in [-0.4, -0.2) is 5.78 Å². The Kier molecular flexibility index (Phi) is 8.86. The Labute approximate surface area is 143 Å². The van der Waals surface area contributed by atoms with Crippen LogP contribution in [0.5, 0.6) is 0 Å². The molecule has 1 unspecified atom stereocenters. The Hall–Kier alpha value is -0.136. The fourth-order valence-electron chi connectivity index (χ4n) is 2.43. The Morgan fingerprint density at radius 3 is 2.26 bits per heavy atom. The number of Topliss-reactive ketones (excluding diaryl/α,β-unsaturated/α-hetero) is 1. The first-order valence-electron chi connectivity index (χ1n) is 7.09. The topological polar surface area (TPSA) is 17.1 Å². The van der Waals surface area contributed by atoms with E-state index in [2.05, 4.69) is 26.0 Å². The zero-order chi connectivity index (χ0) is 13.6. The first-order chi connectivity index (χ1) is 8.65. The smallest absolute Gasteiger partial charge is 0.00762 e. The van der Waals surface area contributed by atoms with E-state index in [0.717, 1.165) is 31.6 Å². The number of ketones is 1. The van der Waals surface area contributed by atoms with Gasteiger partial charge in [-0.3, -0.25) is 0 Å². The number of rotatable bonds is 3. The van der Waals surface area contributed by atoms with Gasteiger partial charge in [-0.1, -0.05) is 70.0 Å². The van der Waals surface area contributed by atoms with E-state index in [4.69, 9.17) is 0 Å². The monoisotopic (exact) mass is 334 g/mol. The molecule has 1 saturated carbocycles. The molecule has 1 aromatic rings. The minimum atomic E-state index is -0.0793. The maximum Gasteiger partial charge on any atom is 0.00762 e. The van der Waals surface area contributed by atoms with Gasteiger partial charge in [-0.05, 0) is 11.8 Å². The molecule has 1 radical (unpaired) electrons. The van der Waals surface area contributed by atoms with Crippen molar-refractivity contribution in [2.45, 2.75) is 53.4 Å². The van der Waals surface area contributed by atoms with Gasteiger partial charge in [-0.25, -0.2) is 0 Å². The van der Waals surface area contributed by atoms with E-state index in [1.165, 1.54) is 5.56 Å². The molecule has 1 aliphatic rings. The number of benzene rings is 1. The van der Waals surface area contributed by atoms with E-state index in [9.17, 15) is 4.79 Å². The summed E-state index contributed by atoms with van der Waals surface area (Å²) in [7, 11) is 0. The normalized spacial score (nSPS) is 21.5. The number of hydrogen-bond donors (Lipinski definition) is 0. The van der Waals surface area contributed by atoms with E-state index >= 15 is 0 Å². The molecule has 0 spiro atoms. The van der Waals surface area contributed by atoms with E-state index in [1.54, 1.807) is 0 Å². The van der Waals surface area contributed by atoms with Gasteiger partial charge >= 0.3 is 0 Å². The van der Waals surface area contributed by atoms with Gasteiger partial charge in [0.05, 0.1) is 0 Å². The molecule has 0 aliphatic heterocycles. The molecule has 2 rings (SSSR count). The van der Waals surface area contributed by atoms with Crippen LogP contribution in [0.1, 0.15) is 52.5 Å². The molecule has 19 heavy (non-hydrogen) atoms. The molecule has 1 fully saturated rings. The Morgan fingerprint density at radius 2 is 1.79 bits per heavy atom. The molecule has 0 saturated heterocycles. The van der Waals surface area contributed by atoms with Crippen LogP contribution < -0.4 is 0 Å². The van der Waals surface area contributed by atoms with Crippen LogP contribution in [0.2, 0.25) is 0 Å². The third kappa shape index (κ3) is 4.72. The molecular weight excluding hydrogens is 309 g/mol. The molecule has 1 aliphatic carbocycles. The Balaban J connectivity index is 0.00000103. The summed E-state index contributed by atoms with van der Waals surface area (Å²) in [6.07, 6.45) is 3.82. The second kappa shape index (κ2) is 8.92. The van der Waals surface area contributed by atoms with Crippen molar-refractivity contribution in [2.24, 2.45) is 5.41 Å². The average Bonchev–Trinajstić information content (AvgIpc) is 2.71. The predicted molar refractivity (Wildman–Crippen MR) is 77.4 cm³/mol. The molecule has 0 aromatic heterocycles. The van der Waals surface area contributed by atoms with Crippen molar-refractivity contribution in [2.75, 3.05) is 0 Å². The first-order valence-corrected chi connectivity index (χ1v) is 7.09. The van der Waals surface area contributed by atoms with Gasteiger partial charge in [-0.2, -0.15) is 6.42 Å². The summed E-state index contributed by atoms with van der Waals surface area (Å²) < 4.78 is 0. The van der Waals surface area contributed by atoms with Crippen LogP contribution in [0.25, 0.3) is 0 Å². The van der Waals surface area contributed by atoms with Gasteiger partial charge in [0.25, 0.3) is 0 Å². The molecule has 0 N–H and O–H groups in total. The zero-order valence-corrected chi connectivity index (χ0v) is 15.5. The van der Waals surface area contributed by atoms with Gasteiger partial charge < -0.3 is 10.7 Å². The van der Waals surface area contributed by atoms with Crippen LogP contribution in [-0.2, 0) is 43.9 Å². The third-order valence-electron chi connectivity index (χ3n) is 3.89. The molecule has 1 atom stereocenters. The summed E-state index contributed by atoms with van der Waals surface area (Å²) in [4.78, 5) is 12.2. The average molecular weight is 334 g/mol. The Morgan fingerprint density at radius 1 is 1.21 bits per heavy atom. The van der Waals surface area contributed by atoms with Crippen LogP contribution in [0, 0.1) is 11.3 Å². The fourth-order valence-corrected chi connectivity index (χ4v) is 2.43. The summed E-state index contributed by atoms with van der Waals surface area (Å²) in [6, 6.07) is 10.3. The summed E-state index contributed by atoms with van der Waals surface area (Å²) in [5, 5.41) is 0. The van der Waals surface area contributed by atoms with E-state index in [-0.39, 0.29) is 38.1 Å². The molecule has 0 bridgehead atoms. The zero-order valence-electron chi connectivity index (χ0n) is 12.7. The van der Waals surface area contributed by atoms with Gasteiger partial charge in [0, 0.05) is 38.5 Å². The van der Waals surface area contributed by atoms with Crippen LogP contribution in [0.3, 0.4) is 0 Å². The van der Waals surface area contributed by atoms with E-state index in [1.807, 2.05) is 32.0 Å². The van der Waals surface area contributed by atoms with Crippen LogP contribution >= 0.6 is 0 Å². The maximum atomic E-state index is 12.2. The first kappa shape index (κ1) is 18.9. The summed E-state index contributed by atoms with van der Waals surface area (Å²) in [6.45, 7) is 8.22. The Bertz CT molecular complexity index is 374. The fraction of sp³-hybridized carbons (Fsp3) is 0.529. The van der Waals surface area contributed by atoms with Gasteiger partial charge in [0.2, 0.25) is 0 Å². The largest absolute Gasteiger partial charge is 0.333 e. The third-order valence-corrected chi connectivity index (χ3v) is 3.89. The minimum absolute atomic E-state index is 0. The van der Waals surface area contributed by atoms with Crippen molar-refractivity contribution in [3.05, 3.63) is 41.8 Å².